The van der Waals surface area contributed by atoms with Crippen molar-refractivity contribution in [3.8, 4) is 17.5 Å². The van der Waals surface area contributed by atoms with Gasteiger partial charge in [-0.15, -0.1) is 0 Å². The Bertz CT molecular complexity index is 925. The van der Waals surface area contributed by atoms with E-state index in [0.29, 0.717) is 10.7 Å². The topological polar surface area (TPSA) is 93.0 Å². The second-order valence-electron chi connectivity index (χ2n) is 4.99. The minimum Gasteiger partial charge on any atom is -0.428 e. The average Bonchev–Trinajstić information content (AvgIpc) is 3.00. The normalized spacial score (nSPS) is 10.3. The largest absolute Gasteiger partial charge is 0.428 e. The Morgan fingerprint density at radius 1 is 1.17 bits per heavy atom. The molecular formula is C17H11N3O3S. The van der Waals surface area contributed by atoms with Crippen molar-refractivity contribution in [3.63, 3.8) is 0 Å². The van der Waals surface area contributed by atoms with Gasteiger partial charge in [-0.3, -0.25) is 10.1 Å². The van der Waals surface area contributed by atoms with Gasteiger partial charge in [-0.1, -0.05) is 17.7 Å². The van der Waals surface area contributed by atoms with E-state index in [1.807, 2.05) is 37.3 Å². The predicted octanol–water partition coefficient (Wildman–Crippen LogP) is 4.58. The highest BCUT2D eigenvalue weighted by Gasteiger charge is 2.16. The molecule has 0 bridgehead atoms. The molecule has 1 heterocycles. The van der Waals surface area contributed by atoms with Crippen molar-refractivity contribution >= 4 is 17.4 Å². The molecule has 2 aromatic carbocycles. The van der Waals surface area contributed by atoms with Crippen LogP contribution in [0.15, 0.2) is 62.9 Å². The number of hydrogen-bond acceptors (Lipinski definition) is 6. The number of oxazole rings is 1. The molecule has 1 aromatic heterocycles. The standard InChI is InChI=1S/C17H11N3O3S/c1-11-2-8-14(9-3-11)24-17-15(10-18)19-16(23-17)12-4-6-13(7-5-12)20(21)22/h2-9H,1H3. The molecular weight excluding hydrogens is 326 g/mol. The third-order valence-electron chi connectivity index (χ3n) is 3.26. The van der Waals surface area contributed by atoms with E-state index < -0.39 is 4.92 Å². The van der Waals surface area contributed by atoms with E-state index in [1.54, 1.807) is 12.1 Å². The molecule has 0 fully saturated rings. The minimum atomic E-state index is -0.473. The maximum Gasteiger partial charge on any atom is 0.269 e. The molecule has 0 amide bonds. The number of nitriles is 1. The van der Waals surface area contributed by atoms with Crippen molar-refractivity contribution < 1.29 is 9.34 Å². The first-order chi connectivity index (χ1) is 11.6. The third-order valence-corrected chi connectivity index (χ3v) is 4.23. The van der Waals surface area contributed by atoms with Crippen LogP contribution in [0.1, 0.15) is 11.3 Å². The Balaban J connectivity index is 1.91. The number of aryl methyl sites for hydroxylation is 1. The summed E-state index contributed by atoms with van der Waals surface area (Å²) in [4.78, 5) is 15.3. The lowest BCUT2D eigenvalue weighted by Crippen LogP contribution is -1.87. The first-order valence-corrected chi connectivity index (χ1v) is 7.79. The van der Waals surface area contributed by atoms with Crippen LogP contribution in [-0.4, -0.2) is 9.91 Å². The lowest BCUT2D eigenvalue weighted by Gasteiger charge is -1.99. The van der Waals surface area contributed by atoms with Gasteiger partial charge < -0.3 is 4.42 Å². The fourth-order valence-corrected chi connectivity index (χ4v) is 2.80. The van der Waals surface area contributed by atoms with E-state index in [4.69, 9.17) is 4.42 Å². The summed E-state index contributed by atoms with van der Waals surface area (Å²) in [5.74, 6) is 0.260. The fraction of sp³-hybridized carbons (Fsp3) is 0.0588. The van der Waals surface area contributed by atoms with E-state index in [2.05, 4.69) is 4.98 Å². The van der Waals surface area contributed by atoms with Crippen molar-refractivity contribution in [2.24, 2.45) is 0 Å². The first-order valence-electron chi connectivity index (χ1n) is 6.97. The summed E-state index contributed by atoms with van der Waals surface area (Å²) in [6.45, 7) is 2.00. The van der Waals surface area contributed by atoms with Gasteiger partial charge in [0.25, 0.3) is 5.69 Å². The van der Waals surface area contributed by atoms with Gasteiger partial charge in [0.05, 0.1) is 4.92 Å². The van der Waals surface area contributed by atoms with Crippen LogP contribution in [0.2, 0.25) is 0 Å². The minimum absolute atomic E-state index is 0.0138. The lowest BCUT2D eigenvalue weighted by molar-refractivity contribution is -0.384. The molecule has 0 aliphatic carbocycles. The summed E-state index contributed by atoms with van der Waals surface area (Å²) in [6.07, 6.45) is 0. The molecule has 0 saturated heterocycles. The zero-order chi connectivity index (χ0) is 17.1. The molecule has 0 saturated carbocycles. The van der Waals surface area contributed by atoms with E-state index in [-0.39, 0.29) is 17.3 Å². The van der Waals surface area contributed by atoms with Crippen LogP contribution in [0, 0.1) is 28.4 Å². The van der Waals surface area contributed by atoms with Crippen LogP contribution in [0.5, 0.6) is 0 Å². The third kappa shape index (κ3) is 3.29. The molecule has 0 atom stereocenters. The number of hydrogen-bond donors (Lipinski definition) is 0. The van der Waals surface area contributed by atoms with Crippen LogP contribution in [0.3, 0.4) is 0 Å². The summed E-state index contributed by atoms with van der Waals surface area (Å²) in [6, 6.07) is 15.7. The molecule has 6 nitrogen and oxygen atoms in total. The molecule has 7 heteroatoms. The van der Waals surface area contributed by atoms with E-state index >= 15 is 0 Å². The van der Waals surface area contributed by atoms with Gasteiger partial charge in [-0.05, 0) is 43.0 Å². The second kappa shape index (κ2) is 6.56. The van der Waals surface area contributed by atoms with E-state index in [0.717, 1.165) is 10.5 Å². The summed E-state index contributed by atoms with van der Waals surface area (Å²) in [5.41, 5.74) is 1.89. The molecule has 24 heavy (non-hydrogen) atoms. The number of rotatable bonds is 4. The predicted molar refractivity (Wildman–Crippen MR) is 88.6 cm³/mol. The zero-order valence-electron chi connectivity index (χ0n) is 12.6. The maximum absolute atomic E-state index is 10.7. The molecule has 3 rings (SSSR count). The summed E-state index contributed by atoms with van der Waals surface area (Å²) in [7, 11) is 0. The van der Waals surface area contributed by atoms with Gasteiger partial charge in [0.15, 0.2) is 5.69 Å². The Hall–Kier alpha value is -3.11. The van der Waals surface area contributed by atoms with Crippen LogP contribution < -0.4 is 0 Å². The van der Waals surface area contributed by atoms with Crippen LogP contribution in [-0.2, 0) is 0 Å². The summed E-state index contributed by atoms with van der Waals surface area (Å²) < 4.78 is 5.69. The van der Waals surface area contributed by atoms with Crippen molar-refractivity contribution in [2.45, 2.75) is 16.9 Å². The molecule has 0 spiro atoms. The van der Waals surface area contributed by atoms with Crippen LogP contribution >= 0.6 is 11.8 Å². The van der Waals surface area contributed by atoms with Gasteiger partial charge in [-0.25, -0.2) is 0 Å². The Kier molecular flexibility index (Phi) is 4.31. The molecule has 118 valence electrons. The quantitative estimate of drug-likeness (QED) is 0.511. The van der Waals surface area contributed by atoms with Crippen molar-refractivity contribution in [3.05, 3.63) is 69.9 Å². The summed E-state index contributed by atoms with van der Waals surface area (Å²) in [5, 5.41) is 20.3. The molecule has 0 aliphatic heterocycles. The summed E-state index contributed by atoms with van der Waals surface area (Å²) >= 11 is 1.31. The molecule has 0 radical (unpaired) electrons. The van der Waals surface area contributed by atoms with Gasteiger partial charge >= 0.3 is 0 Å². The SMILES string of the molecule is Cc1ccc(Sc2oc(-c3ccc([N+](=O)[O-])cc3)nc2C#N)cc1. The fourth-order valence-electron chi connectivity index (χ4n) is 2.01. The highest BCUT2D eigenvalue weighted by molar-refractivity contribution is 7.99. The zero-order valence-corrected chi connectivity index (χ0v) is 13.4. The molecule has 0 N–H and O–H groups in total. The van der Waals surface area contributed by atoms with Gasteiger partial charge in [0.1, 0.15) is 6.07 Å². The van der Waals surface area contributed by atoms with Crippen LogP contribution in [0.4, 0.5) is 5.69 Å². The second-order valence-corrected chi connectivity index (χ2v) is 6.03. The van der Waals surface area contributed by atoms with E-state index in [1.165, 1.54) is 23.9 Å². The Labute approximate surface area is 141 Å². The lowest BCUT2D eigenvalue weighted by atomic mass is 10.2. The number of nitro benzene ring substituents is 1. The first kappa shape index (κ1) is 15.8. The molecule has 0 aliphatic rings. The number of nitrogens with zero attached hydrogens (tertiary/aromatic N) is 3. The van der Waals surface area contributed by atoms with Gasteiger partial charge in [0.2, 0.25) is 11.0 Å². The molecule has 3 aromatic rings. The van der Waals surface area contributed by atoms with Crippen molar-refractivity contribution in [1.82, 2.24) is 4.98 Å². The highest BCUT2D eigenvalue weighted by Crippen LogP contribution is 2.34. The highest BCUT2D eigenvalue weighted by atomic mass is 32.2. The number of aromatic nitrogens is 1. The maximum atomic E-state index is 10.7. The number of benzene rings is 2. The van der Waals surface area contributed by atoms with E-state index in [9.17, 15) is 15.4 Å². The van der Waals surface area contributed by atoms with Gasteiger partial charge in [0, 0.05) is 22.6 Å². The Morgan fingerprint density at radius 3 is 2.42 bits per heavy atom. The number of nitro groups is 1. The molecule has 0 unspecified atom stereocenters. The Morgan fingerprint density at radius 2 is 1.83 bits per heavy atom. The smallest absolute Gasteiger partial charge is 0.269 e. The van der Waals surface area contributed by atoms with Crippen LogP contribution in [0.25, 0.3) is 11.5 Å². The monoisotopic (exact) mass is 337 g/mol. The van der Waals surface area contributed by atoms with Crippen molar-refractivity contribution in [1.29, 1.82) is 5.26 Å². The van der Waals surface area contributed by atoms with Crippen molar-refractivity contribution in [2.75, 3.05) is 0 Å². The average molecular weight is 337 g/mol. The van der Waals surface area contributed by atoms with Gasteiger partial charge in [-0.2, -0.15) is 10.2 Å². The number of non-ortho nitro benzene ring substituents is 1.